The van der Waals surface area contributed by atoms with E-state index >= 15 is 0 Å². The van der Waals surface area contributed by atoms with Gasteiger partial charge >= 0.3 is 35.7 Å². The molecule has 8 heteroatoms. The maximum atomic E-state index is 12.8. The van der Waals surface area contributed by atoms with Gasteiger partial charge in [-0.2, -0.15) is 13.2 Å². The maximum Gasteiger partial charge on any atom is 1.00 e. The smallest absolute Gasteiger partial charge is 0.550 e. The Morgan fingerprint density at radius 2 is 1.76 bits per heavy atom. The summed E-state index contributed by atoms with van der Waals surface area (Å²) in [5.41, 5.74) is -0.364. The van der Waals surface area contributed by atoms with Crippen molar-refractivity contribution in [3.8, 4) is 0 Å². The first-order valence-electron chi connectivity index (χ1n) is 7.77. The van der Waals surface area contributed by atoms with Crippen molar-refractivity contribution in [1.82, 2.24) is 5.32 Å². The molecule has 134 valence electrons. The van der Waals surface area contributed by atoms with E-state index in [1.165, 1.54) is 6.07 Å². The van der Waals surface area contributed by atoms with Crippen molar-refractivity contribution in [2.24, 2.45) is 5.92 Å². The first kappa shape index (κ1) is 23.9. The maximum absolute atomic E-state index is 12.8. The van der Waals surface area contributed by atoms with E-state index in [4.69, 9.17) is 0 Å². The molecule has 1 rings (SSSR count). The Kier molecular flexibility index (Phi) is 10.4. The molecule has 1 atom stereocenters. The molecule has 1 amide bonds. The molecule has 0 aromatic heterocycles. The van der Waals surface area contributed by atoms with Gasteiger partial charge in [0.15, 0.2) is 0 Å². The first-order valence-corrected chi connectivity index (χ1v) is 7.77. The van der Waals surface area contributed by atoms with Gasteiger partial charge in [0.2, 0.25) is 5.91 Å². The third kappa shape index (κ3) is 8.74. The fraction of sp³-hybridized carbons (Fsp3) is 0.529. The van der Waals surface area contributed by atoms with Crippen LogP contribution in [-0.4, -0.2) is 11.9 Å². The van der Waals surface area contributed by atoms with Gasteiger partial charge in [0.1, 0.15) is 0 Å². The van der Waals surface area contributed by atoms with E-state index in [0.717, 1.165) is 12.1 Å². The Morgan fingerprint density at radius 1 is 1.16 bits per heavy atom. The van der Waals surface area contributed by atoms with E-state index in [-0.39, 0.29) is 54.2 Å². The summed E-state index contributed by atoms with van der Waals surface area (Å²) < 4.78 is 38.5. The number of alkyl halides is 3. The molecule has 0 saturated carbocycles. The van der Waals surface area contributed by atoms with E-state index in [0.29, 0.717) is 18.4 Å². The minimum Gasteiger partial charge on any atom is -0.550 e. The van der Waals surface area contributed by atoms with E-state index in [1.54, 1.807) is 19.9 Å². The third-order valence-electron chi connectivity index (χ3n) is 3.59. The number of rotatable bonds is 8. The zero-order valence-electron chi connectivity index (χ0n) is 14.7. The SMILES string of the molecule is CC(C)C(NC(=O)CCCCC(=O)[O-])c1cccc(C(F)(F)F)c1.[Na+]. The van der Waals surface area contributed by atoms with Crippen LogP contribution in [-0.2, 0) is 15.8 Å². The van der Waals surface area contributed by atoms with Crippen LogP contribution in [0, 0.1) is 5.92 Å². The molecule has 0 heterocycles. The minimum atomic E-state index is -4.44. The number of hydrogen-bond acceptors (Lipinski definition) is 3. The van der Waals surface area contributed by atoms with E-state index in [9.17, 15) is 27.9 Å². The molecule has 4 nitrogen and oxygen atoms in total. The fourth-order valence-corrected chi connectivity index (χ4v) is 2.34. The molecule has 0 aliphatic rings. The number of benzene rings is 1. The number of halogens is 3. The van der Waals surface area contributed by atoms with Gasteiger partial charge in [0.05, 0.1) is 11.6 Å². The van der Waals surface area contributed by atoms with Gasteiger partial charge in [-0.15, -0.1) is 0 Å². The van der Waals surface area contributed by atoms with Crippen molar-refractivity contribution in [3.05, 3.63) is 35.4 Å². The Morgan fingerprint density at radius 3 is 2.28 bits per heavy atom. The number of carboxylic acid groups (broad SMARTS) is 1. The Balaban J connectivity index is 0.00000576. The van der Waals surface area contributed by atoms with Crippen LogP contribution >= 0.6 is 0 Å². The number of carboxylic acids is 1. The summed E-state index contributed by atoms with van der Waals surface area (Å²) in [5, 5.41) is 13.0. The van der Waals surface area contributed by atoms with Gasteiger partial charge in [-0.05, 0) is 42.9 Å². The molecule has 1 aromatic rings. The average molecular weight is 367 g/mol. The van der Waals surface area contributed by atoms with Crippen LogP contribution in [0.5, 0.6) is 0 Å². The topological polar surface area (TPSA) is 69.2 Å². The van der Waals surface area contributed by atoms with Crippen LogP contribution in [0.25, 0.3) is 0 Å². The van der Waals surface area contributed by atoms with E-state index < -0.39 is 23.8 Å². The van der Waals surface area contributed by atoms with E-state index in [2.05, 4.69) is 5.32 Å². The standard InChI is InChI=1S/C17H22F3NO3.Na/c1-11(2)16(21-14(22)8-3-4-9-15(23)24)12-6-5-7-13(10-12)17(18,19)20;/h5-7,10-11,16H,3-4,8-9H2,1-2H3,(H,21,22)(H,23,24);/q;+1/p-1. The zero-order valence-corrected chi connectivity index (χ0v) is 16.7. The van der Waals surface area contributed by atoms with Crippen LogP contribution in [0.3, 0.4) is 0 Å². The van der Waals surface area contributed by atoms with Crippen LogP contribution in [0.2, 0.25) is 0 Å². The van der Waals surface area contributed by atoms with Crippen molar-refractivity contribution in [2.75, 3.05) is 0 Å². The Labute approximate surface area is 167 Å². The largest absolute Gasteiger partial charge is 1.00 e. The van der Waals surface area contributed by atoms with Crippen molar-refractivity contribution in [2.45, 2.75) is 51.7 Å². The predicted molar refractivity (Wildman–Crippen MR) is 80.6 cm³/mol. The molecule has 0 saturated heterocycles. The molecule has 0 aliphatic heterocycles. The van der Waals surface area contributed by atoms with Crippen molar-refractivity contribution in [3.63, 3.8) is 0 Å². The van der Waals surface area contributed by atoms with Crippen LogP contribution in [0.4, 0.5) is 13.2 Å². The van der Waals surface area contributed by atoms with Gasteiger partial charge in [0.25, 0.3) is 0 Å². The molecule has 1 unspecified atom stereocenters. The number of aliphatic carboxylic acids is 1. The second-order valence-corrected chi connectivity index (χ2v) is 5.99. The second kappa shape index (κ2) is 10.8. The first-order chi connectivity index (χ1) is 11.1. The van der Waals surface area contributed by atoms with Gasteiger partial charge in [-0.1, -0.05) is 26.0 Å². The molecular formula is C17H21F3NNaO3. The van der Waals surface area contributed by atoms with Gasteiger partial charge < -0.3 is 15.2 Å². The van der Waals surface area contributed by atoms with Crippen molar-refractivity contribution < 1.29 is 57.4 Å². The average Bonchev–Trinajstić information content (AvgIpc) is 2.48. The number of amides is 1. The van der Waals surface area contributed by atoms with Crippen LogP contribution < -0.4 is 40.0 Å². The summed E-state index contributed by atoms with van der Waals surface area (Å²) in [5.74, 6) is -1.58. The van der Waals surface area contributed by atoms with Crippen molar-refractivity contribution >= 4 is 11.9 Å². The molecule has 1 aromatic carbocycles. The summed E-state index contributed by atoms with van der Waals surface area (Å²) >= 11 is 0. The summed E-state index contributed by atoms with van der Waals surface area (Å²) in [4.78, 5) is 22.3. The Bertz CT molecular complexity index is 577. The fourth-order valence-electron chi connectivity index (χ4n) is 2.34. The molecule has 25 heavy (non-hydrogen) atoms. The second-order valence-electron chi connectivity index (χ2n) is 5.99. The number of nitrogens with one attached hydrogen (secondary N) is 1. The van der Waals surface area contributed by atoms with Crippen LogP contribution in [0.15, 0.2) is 24.3 Å². The number of carbonyl (C=O) groups excluding carboxylic acids is 2. The normalized spacial score (nSPS) is 12.4. The molecule has 0 fully saturated rings. The summed E-state index contributed by atoms with van der Waals surface area (Å²) in [6, 6.07) is 4.36. The summed E-state index contributed by atoms with van der Waals surface area (Å²) in [7, 11) is 0. The molecule has 0 spiro atoms. The van der Waals surface area contributed by atoms with Gasteiger partial charge in [-0.25, -0.2) is 0 Å². The summed E-state index contributed by atoms with van der Waals surface area (Å²) in [6.45, 7) is 3.61. The molecule has 1 N–H and O–H groups in total. The van der Waals surface area contributed by atoms with Gasteiger partial charge in [-0.3, -0.25) is 4.79 Å². The monoisotopic (exact) mass is 367 g/mol. The number of hydrogen-bond donors (Lipinski definition) is 1. The van der Waals surface area contributed by atoms with E-state index in [1.807, 2.05) is 0 Å². The number of unbranched alkanes of at least 4 members (excludes halogenated alkanes) is 1. The predicted octanol–water partition coefficient (Wildman–Crippen LogP) is -0.167. The molecular weight excluding hydrogens is 346 g/mol. The number of carbonyl (C=O) groups is 2. The quantitative estimate of drug-likeness (QED) is 0.513. The third-order valence-corrected chi connectivity index (χ3v) is 3.59. The Hall–Kier alpha value is -1.05. The molecule has 0 radical (unpaired) electrons. The van der Waals surface area contributed by atoms with Gasteiger partial charge in [0, 0.05) is 12.4 Å². The summed E-state index contributed by atoms with van der Waals surface area (Å²) in [6.07, 6.45) is -3.73. The zero-order chi connectivity index (χ0) is 18.3. The van der Waals surface area contributed by atoms with Crippen LogP contribution in [0.1, 0.15) is 56.7 Å². The minimum absolute atomic E-state index is 0. The molecule has 0 aliphatic carbocycles. The molecule has 0 bridgehead atoms. The van der Waals surface area contributed by atoms with Crippen molar-refractivity contribution in [1.29, 1.82) is 0 Å².